The van der Waals surface area contributed by atoms with E-state index in [9.17, 15) is 4.79 Å². The van der Waals surface area contributed by atoms with Crippen LogP contribution in [0.5, 0.6) is 0 Å². The molecule has 134 valence electrons. The van der Waals surface area contributed by atoms with E-state index in [2.05, 4.69) is 26.3 Å². The minimum Gasteiger partial charge on any atom is -0.320 e. The van der Waals surface area contributed by atoms with Crippen LogP contribution in [0.1, 0.15) is 29.5 Å². The summed E-state index contributed by atoms with van der Waals surface area (Å²) >= 11 is 0. The molecule has 2 nitrogen and oxygen atoms in total. The minimum atomic E-state index is 0.208. The fourth-order valence-corrected chi connectivity index (χ4v) is 2.33. The number of benzene rings is 2. The van der Waals surface area contributed by atoms with Crippen LogP contribution >= 0.6 is 0 Å². The molecule has 0 spiro atoms. The van der Waals surface area contributed by atoms with Gasteiger partial charge in [0, 0.05) is 13.0 Å². The molecule has 0 unspecified atom stereocenters. The van der Waals surface area contributed by atoms with Gasteiger partial charge in [0.05, 0.1) is 0 Å². The highest BCUT2D eigenvalue weighted by Gasteiger charge is 2.15. The van der Waals surface area contributed by atoms with Crippen molar-refractivity contribution in [2.45, 2.75) is 12.8 Å². The number of hydrogen-bond acceptors (Lipinski definition) is 1. The highest BCUT2D eigenvalue weighted by atomic mass is 16.2. The Hall–Kier alpha value is -3.13. The van der Waals surface area contributed by atoms with Crippen molar-refractivity contribution in [1.29, 1.82) is 0 Å². The third-order valence-electron chi connectivity index (χ3n) is 3.80. The number of carbonyl (C=O) groups excluding carboxylic acids is 1. The third kappa shape index (κ3) is 7.18. The van der Waals surface area contributed by atoms with Crippen LogP contribution in [-0.2, 0) is 4.79 Å². The van der Waals surface area contributed by atoms with E-state index >= 15 is 0 Å². The van der Waals surface area contributed by atoms with Gasteiger partial charge in [-0.15, -0.1) is 0 Å². The van der Waals surface area contributed by atoms with E-state index in [1.165, 1.54) is 5.56 Å². The fraction of sp³-hybridized carbons (Fsp3) is 0.125. The maximum atomic E-state index is 10.7. The Morgan fingerprint density at radius 3 is 1.62 bits per heavy atom. The Bertz CT molecular complexity index is 704. The molecule has 0 saturated carbocycles. The first-order valence-corrected chi connectivity index (χ1v) is 8.59. The molecule has 0 aromatic heterocycles. The first-order valence-electron chi connectivity index (χ1n) is 8.59. The summed E-state index contributed by atoms with van der Waals surface area (Å²) in [6.45, 7) is 15.4. The third-order valence-corrected chi connectivity index (χ3v) is 3.80. The number of carbonyl (C=O) groups is 1. The Morgan fingerprint density at radius 1 is 0.769 bits per heavy atom. The molecule has 0 radical (unpaired) electrons. The van der Waals surface area contributed by atoms with Gasteiger partial charge in [-0.25, -0.2) is 0 Å². The van der Waals surface area contributed by atoms with Crippen molar-refractivity contribution in [3.8, 4) is 0 Å². The molecular formula is C24H27NO. The van der Waals surface area contributed by atoms with Crippen LogP contribution in [0.3, 0.4) is 0 Å². The summed E-state index contributed by atoms with van der Waals surface area (Å²) < 4.78 is 0. The van der Waals surface area contributed by atoms with Crippen molar-refractivity contribution in [2.24, 2.45) is 0 Å². The van der Waals surface area contributed by atoms with Crippen LogP contribution in [0, 0.1) is 0 Å². The SMILES string of the molecule is C=CN1CCCC1=O.C=Cc1ccccc1.C=Cc1ccccc1C=C. The van der Waals surface area contributed by atoms with Crippen molar-refractivity contribution in [2.75, 3.05) is 6.54 Å². The largest absolute Gasteiger partial charge is 0.320 e. The van der Waals surface area contributed by atoms with Gasteiger partial charge in [-0.2, -0.15) is 0 Å². The molecule has 2 aromatic rings. The Morgan fingerprint density at radius 2 is 1.31 bits per heavy atom. The van der Waals surface area contributed by atoms with Crippen molar-refractivity contribution in [3.05, 3.63) is 104 Å². The molecule has 1 saturated heterocycles. The Kier molecular flexibility index (Phi) is 9.86. The second-order valence-electron chi connectivity index (χ2n) is 5.53. The number of nitrogens with zero attached hydrogens (tertiary/aromatic N) is 1. The fourth-order valence-electron chi connectivity index (χ4n) is 2.33. The maximum absolute atomic E-state index is 10.7. The van der Waals surface area contributed by atoms with Crippen LogP contribution in [0.2, 0.25) is 0 Å². The predicted molar refractivity (Wildman–Crippen MR) is 114 cm³/mol. The molecule has 2 heteroatoms. The quantitative estimate of drug-likeness (QED) is 0.660. The van der Waals surface area contributed by atoms with Crippen LogP contribution in [0.25, 0.3) is 18.2 Å². The van der Waals surface area contributed by atoms with Gasteiger partial charge in [0.25, 0.3) is 0 Å². The van der Waals surface area contributed by atoms with E-state index in [1.54, 1.807) is 11.1 Å². The van der Waals surface area contributed by atoms with Gasteiger partial charge in [-0.3, -0.25) is 4.79 Å². The average Bonchev–Trinajstić information content (AvgIpc) is 3.14. The summed E-state index contributed by atoms with van der Waals surface area (Å²) in [5, 5.41) is 0. The summed E-state index contributed by atoms with van der Waals surface area (Å²) in [4.78, 5) is 12.3. The highest BCUT2D eigenvalue weighted by molar-refractivity contribution is 5.78. The average molecular weight is 345 g/mol. The monoisotopic (exact) mass is 345 g/mol. The second kappa shape index (κ2) is 12.3. The molecule has 1 aliphatic heterocycles. The van der Waals surface area contributed by atoms with Gasteiger partial charge in [0.15, 0.2) is 0 Å². The molecule has 1 amide bonds. The zero-order valence-corrected chi connectivity index (χ0v) is 15.3. The number of likely N-dealkylation sites (tertiary alicyclic amines) is 1. The molecule has 3 rings (SSSR count). The zero-order chi connectivity index (χ0) is 19.2. The van der Waals surface area contributed by atoms with Crippen LogP contribution in [-0.4, -0.2) is 17.4 Å². The lowest BCUT2D eigenvalue weighted by Gasteiger charge is -2.05. The minimum absolute atomic E-state index is 0.208. The van der Waals surface area contributed by atoms with E-state index < -0.39 is 0 Å². The molecule has 1 fully saturated rings. The molecule has 0 N–H and O–H groups in total. The van der Waals surface area contributed by atoms with Crippen molar-refractivity contribution >= 4 is 24.1 Å². The lowest BCUT2D eigenvalue weighted by molar-refractivity contribution is -0.125. The normalized spacial score (nSPS) is 12.0. The van der Waals surface area contributed by atoms with Crippen molar-refractivity contribution < 1.29 is 4.79 Å². The topological polar surface area (TPSA) is 20.3 Å². The summed E-state index contributed by atoms with van der Waals surface area (Å²) in [7, 11) is 0. The number of hydrogen-bond donors (Lipinski definition) is 0. The molecule has 2 aromatic carbocycles. The van der Waals surface area contributed by atoms with Crippen LogP contribution < -0.4 is 0 Å². The lowest BCUT2D eigenvalue weighted by atomic mass is 10.1. The predicted octanol–water partition coefficient (Wildman–Crippen LogP) is 6.05. The lowest BCUT2D eigenvalue weighted by Crippen LogP contribution is -2.16. The molecule has 0 aliphatic carbocycles. The maximum Gasteiger partial charge on any atom is 0.226 e. The van der Waals surface area contributed by atoms with E-state index in [1.807, 2.05) is 72.8 Å². The van der Waals surface area contributed by atoms with E-state index in [0.29, 0.717) is 6.42 Å². The summed E-state index contributed by atoms with van der Waals surface area (Å²) in [5.41, 5.74) is 3.45. The second-order valence-corrected chi connectivity index (χ2v) is 5.53. The molecule has 1 heterocycles. The van der Waals surface area contributed by atoms with Crippen molar-refractivity contribution in [3.63, 3.8) is 0 Å². The molecule has 0 bridgehead atoms. The molecular weight excluding hydrogens is 318 g/mol. The smallest absolute Gasteiger partial charge is 0.226 e. The number of amides is 1. The summed E-state index contributed by atoms with van der Waals surface area (Å²) in [6, 6.07) is 18.0. The number of rotatable bonds is 4. The van der Waals surface area contributed by atoms with Crippen LogP contribution in [0.15, 0.2) is 87.1 Å². The van der Waals surface area contributed by atoms with Gasteiger partial charge in [0.2, 0.25) is 5.91 Å². The zero-order valence-electron chi connectivity index (χ0n) is 15.3. The van der Waals surface area contributed by atoms with Gasteiger partial charge in [-0.1, -0.05) is 99.1 Å². The summed E-state index contributed by atoms with van der Waals surface area (Å²) in [6.07, 6.45) is 8.78. The first-order chi connectivity index (χ1) is 12.7. The van der Waals surface area contributed by atoms with Crippen molar-refractivity contribution in [1.82, 2.24) is 4.90 Å². The van der Waals surface area contributed by atoms with Gasteiger partial charge >= 0.3 is 0 Å². The van der Waals surface area contributed by atoms with E-state index in [-0.39, 0.29) is 5.91 Å². The van der Waals surface area contributed by atoms with Gasteiger partial charge in [-0.05, 0) is 29.3 Å². The Balaban J connectivity index is 0.000000197. The van der Waals surface area contributed by atoms with Crippen LogP contribution in [0.4, 0.5) is 0 Å². The van der Waals surface area contributed by atoms with Gasteiger partial charge in [0.1, 0.15) is 0 Å². The van der Waals surface area contributed by atoms with E-state index in [0.717, 1.165) is 24.1 Å². The van der Waals surface area contributed by atoms with Gasteiger partial charge < -0.3 is 4.90 Å². The van der Waals surface area contributed by atoms with E-state index in [4.69, 9.17) is 0 Å². The Labute approximate surface area is 157 Å². The summed E-state index contributed by atoms with van der Waals surface area (Å²) in [5.74, 6) is 0.208. The first kappa shape index (κ1) is 20.9. The molecule has 26 heavy (non-hydrogen) atoms. The molecule has 1 aliphatic rings. The standard InChI is InChI=1S/C10H10.C8H8.C6H9NO/c1-3-9-7-5-6-8-10(9)4-2;1-2-8-6-4-3-5-7-8;1-2-7-5-3-4-6(7)8/h3-8H,1-2H2;2-7H,1H2;2H,1,3-5H2. The highest BCUT2D eigenvalue weighted by Crippen LogP contribution is 2.10. The molecule has 0 atom stereocenters.